The third-order valence-electron chi connectivity index (χ3n) is 3.52. The number of carbonyl (C=O) groups excluding carboxylic acids is 1. The van der Waals surface area contributed by atoms with Crippen molar-refractivity contribution < 1.29 is 9.21 Å². The van der Waals surface area contributed by atoms with Crippen molar-refractivity contribution in [2.24, 2.45) is 5.73 Å². The van der Waals surface area contributed by atoms with Gasteiger partial charge in [-0.3, -0.25) is 4.79 Å². The second-order valence-electron chi connectivity index (χ2n) is 6.07. The molecular formula is C14H21BrN2O2. The summed E-state index contributed by atoms with van der Waals surface area (Å²) in [6, 6.07) is 1.53. The van der Waals surface area contributed by atoms with Crippen LogP contribution in [0.5, 0.6) is 0 Å². The highest BCUT2D eigenvalue weighted by Gasteiger charge is 2.41. The van der Waals surface area contributed by atoms with Crippen LogP contribution in [0.2, 0.25) is 0 Å². The Bertz CT molecular complexity index is 464. The predicted molar refractivity (Wildman–Crippen MR) is 77.6 cm³/mol. The predicted octanol–water partition coefficient (Wildman–Crippen LogP) is 3.22. The summed E-state index contributed by atoms with van der Waals surface area (Å²) in [6.07, 6.45) is 3.85. The summed E-state index contributed by atoms with van der Waals surface area (Å²) in [7, 11) is 0. The number of hydrogen-bond acceptors (Lipinski definition) is 3. The van der Waals surface area contributed by atoms with Gasteiger partial charge in [0.25, 0.3) is 0 Å². The van der Waals surface area contributed by atoms with Crippen LogP contribution in [0, 0.1) is 0 Å². The molecule has 0 bridgehead atoms. The molecule has 4 nitrogen and oxygen atoms in total. The minimum Gasteiger partial charge on any atom is -0.466 e. The fraction of sp³-hybridized carbons (Fsp3) is 0.643. The molecule has 1 saturated heterocycles. The van der Waals surface area contributed by atoms with Gasteiger partial charge in [0, 0.05) is 18.0 Å². The van der Waals surface area contributed by atoms with Gasteiger partial charge in [-0.2, -0.15) is 0 Å². The molecule has 0 aliphatic carbocycles. The van der Waals surface area contributed by atoms with Crippen LogP contribution in [0.15, 0.2) is 21.2 Å². The van der Waals surface area contributed by atoms with Crippen LogP contribution in [0.3, 0.4) is 0 Å². The number of likely N-dealkylation sites (tertiary alicyclic amines) is 1. The Hall–Kier alpha value is -0.810. The molecule has 5 heteroatoms. The quantitative estimate of drug-likeness (QED) is 0.860. The third kappa shape index (κ3) is 2.87. The normalized spacial score (nSPS) is 25.5. The molecule has 0 aromatic carbocycles. The van der Waals surface area contributed by atoms with Crippen LogP contribution in [-0.2, 0) is 4.79 Å². The van der Waals surface area contributed by atoms with E-state index in [1.807, 2.05) is 31.7 Å². The zero-order valence-electron chi connectivity index (χ0n) is 11.6. The third-order valence-corrected chi connectivity index (χ3v) is 4.17. The molecule has 19 heavy (non-hydrogen) atoms. The first-order chi connectivity index (χ1) is 8.82. The number of hydrogen-bond donors (Lipinski definition) is 1. The van der Waals surface area contributed by atoms with E-state index in [-0.39, 0.29) is 23.5 Å². The molecule has 1 aromatic rings. The molecule has 2 heterocycles. The number of carbonyl (C=O) groups is 1. The van der Waals surface area contributed by atoms with Crippen LogP contribution >= 0.6 is 15.9 Å². The Kier molecular flexibility index (Phi) is 4.06. The maximum absolute atomic E-state index is 12.4. The van der Waals surface area contributed by atoms with Crippen molar-refractivity contribution in [2.45, 2.75) is 57.7 Å². The van der Waals surface area contributed by atoms with E-state index in [0.717, 1.165) is 23.1 Å². The van der Waals surface area contributed by atoms with Gasteiger partial charge in [0.2, 0.25) is 5.91 Å². The second-order valence-corrected chi connectivity index (χ2v) is 6.92. The lowest BCUT2D eigenvalue weighted by Crippen LogP contribution is -2.51. The largest absolute Gasteiger partial charge is 0.466 e. The highest BCUT2D eigenvalue weighted by Crippen LogP contribution is 2.38. The molecule has 0 saturated carbocycles. The Morgan fingerprint density at radius 2 is 2.16 bits per heavy atom. The number of nitrogens with two attached hydrogens (primary N) is 1. The van der Waals surface area contributed by atoms with Crippen molar-refractivity contribution in [3.63, 3.8) is 0 Å². The van der Waals surface area contributed by atoms with Gasteiger partial charge in [-0.25, -0.2) is 0 Å². The maximum Gasteiger partial charge on any atom is 0.223 e. The summed E-state index contributed by atoms with van der Waals surface area (Å²) in [6.45, 7) is 6.10. The van der Waals surface area contributed by atoms with Gasteiger partial charge in [0.1, 0.15) is 11.8 Å². The molecule has 2 unspecified atom stereocenters. The fourth-order valence-electron chi connectivity index (χ4n) is 2.73. The van der Waals surface area contributed by atoms with Crippen molar-refractivity contribution in [1.82, 2.24) is 4.90 Å². The molecule has 1 fully saturated rings. The van der Waals surface area contributed by atoms with E-state index in [2.05, 4.69) is 15.9 Å². The Labute approximate surface area is 122 Å². The van der Waals surface area contributed by atoms with Crippen LogP contribution in [0.4, 0.5) is 0 Å². The molecule has 1 aromatic heterocycles. The monoisotopic (exact) mass is 328 g/mol. The van der Waals surface area contributed by atoms with Gasteiger partial charge in [-0.1, -0.05) is 0 Å². The van der Waals surface area contributed by atoms with Gasteiger partial charge in [-0.15, -0.1) is 0 Å². The molecule has 1 amide bonds. The zero-order valence-corrected chi connectivity index (χ0v) is 13.2. The van der Waals surface area contributed by atoms with Crippen molar-refractivity contribution in [2.75, 3.05) is 0 Å². The first-order valence-electron chi connectivity index (χ1n) is 6.63. The Balaban J connectivity index is 2.49. The highest BCUT2D eigenvalue weighted by atomic mass is 79.9. The summed E-state index contributed by atoms with van der Waals surface area (Å²) in [5.74, 6) is 0.895. The second kappa shape index (κ2) is 5.29. The molecule has 0 spiro atoms. The Morgan fingerprint density at radius 3 is 2.68 bits per heavy atom. The Morgan fingerprint density at radius 1 is 1.47 bits per heavy atom. The molecule has 2 rings (SSSR count). The topological polar surface area (TPSA) is 59.5 Å². The molecule has 106 valence electrons. The highest BCUT2D eigenvalue weighted by molar-refractivity contribution is 9.10. The average Bonchev–Trinajstić information content (AvgIpc) is 2.62. The average molecular weight is 329 g/mol. The molecule has 0 radical (unpaired) electrons. The lowest BCUT2D eigenvalue weighted by Gasteiger charge is -2.42. The zero-order chi connectivity index (χ0) is 14.2. The van der Waals surface area contributed by atoms with Crippen LogP contribution in [-0.4, -0.2) is 22.4 Å². The minimum atomic E-state index is -0.282. The van der Waals surface area contributed by atoms with Gasteiger partial charge in [-0.05, 0) is 55.6 Å². The first kappa shape index (κ1) is 14.6. The van der Waals surface area contributed by atoms with Gasteiger partial charge in [0.15, 0.2) is 0 Å². The molecular weight excluding hydrogens is 308 g/mol. The van der Waals surface area contributed by atoms with E-state index in [1.54, 1.807) is 6.26 Å². The van der Waals surface area contributed by atoms with Crippen molar-refractivity contribution in [3.05, 3.63) is 22.6 Å². The standard InChI is InChI=1S/C14H21BrN2O2/c1-14(2,3)17-11(18)6-4-5-10(16)12(17)13-9(15)7-8-19-13/h7-8,10,12H,4-6,16H2,1-3H3. The fourth-order valence-corrected chi connectivity index (χ4v) is 3.17. The van der Waals surface area contributed by atoms with E-state index in [1.165, 1.54) is 0 Å². The number of rotatable bonds is 1. The van der Waals surface area contributed by atoms with Gasteiger partial charge in [0.05, 0.1) is 10.7 Å². The van der Waals surface area contributed by atoms with E-state index in [9.17, 15) is 4.79 Å². The van der Waals surface area contributed by atoms with Crippen molar-refractivity contribution in [3.8, 4) is 0 Å². The minimum absolute atomic E-state index is 0.104. The van der Waals surface area contributed by atoms with Crippen molar-refractivity contribution >= 4 is 21.8 Å². The van der Waals surface area contributed by atoms with E-state index < -0.39 is 0 Å². The summed E-state index contributed by atoms with van der Waals surface area (Å²) in [5, 5.41) is 0. The van der Waals surface area contributed by atoms with E-state index in [0.29, 0.717) is 6.42 Å². The number of halogens is 1. The summed E-state index contributed by atoms with van der Waals surface area (Å²) in [5.41, 5.74) is 6.03. The van der Waals surface area contributed by atoms with Crippen LogP contribution in [0.25, 0.3) is 0 Å². The SMILES string of the molecule is CC(C)(C)N1C(=O)CCCC(N)C1c1occc1Br. The van der Waals surface area contributed by atoms with E-state index in [4.69, 9.17) is 10.2 Å². The summed E-state index contributed by atoms with van der Waals surface area (Å²) >= 11 is 3.48. The first-order valence-corrected chi connectivity index (χ1v) is 7.42. The smallest absolute Gasteiger partial charge is 0.223 e. The lowest BCUT2D eigenvalue weighted by atomic mass is 9.96. The lowest BCUT2D eigenvalue weighted by molar-refractivity contribution is -0.139. The summed E-state index contributed by atoms with van der Waals surface area (Å²) in [4.78, 5) is 14.3. The molecule has 1 aliphatic heterocycles. The van der Waals surface area contributed by atoms with Gasteiger partial charge < -0.3 is 15.1 Å². The van der Waals surface area contributed by atoms with Crippen LogP contribution in [0.1, 0.15) is 51.8 Å². The van der Waals surface area contributed by atoms with Gasteiger partial charge >= 0.3 is 0 Å². The summed E-state index contributed by atoms with van der Waals surface area (Å²) < 4.78 is 6.45. The molecule has 2 N–H and O–H groups in total. The van der Waals surface area contributed by atoms with Crippen LogP contribution < -0.4 is 5.73 Å². The van der Waals surface area contributed by atoms with Crippen molar-refractivity contribution in [1.29, 1.82) is 0 Å². The number of amides is 1. The number of furan rings is 1. The number of nitrogens with zero attached hydrogens (tertiary/aromatic N) is 1. The molecule has 2 atom stereocenters. The molecule has 1 aliphatic rings. The maximum atomic E-state index is 12.4. The van der Waals surface area contributed by atoms with E-state index >= 15 is 0 Å².